The summed E-state index contributed by atoms with van der Waals surface area (Å²) in [5.74, 6) is 0.979. The number of β-amino-alcohol motifs (C(OH)–C–C–N with tert-alkyl or cyclic N) is 1. The number of nitrogens with one attached hydrogen (secondary N) is 2. The molecule has 0 aromatic heterocycles. The predicted molar refractivity (Wildman–Crippen MR) is 115 cm³/mol. The molecular weight excluding hydrogens is 368 g/mol. The number of hydrogen-bond acceptors (Lipinski definition) is 5. The molecule has 1 aromatic carbocycles. The molecule has 7 heteroatoms. The summed E-state index contributed by atoms with van der Waals surface area (Å²) < 4.78 is 5.38. The lowest BCUT2D eigenvalue weighted by Gasteiger charge is -2.34. The molecule has 4 N–H and O–H groups in total. The molecule has 1 aromatic rings. The van der Waals surface area contributed by atoms with Crippen molar-refractivity contribution in [3.8, 4) is 5.75 Å². The molecule has 1 aliphatic heterocycles. The molecule has 162 valence electrons. The standard InChI is InChI=1S/C22H36N4O3/c1-3-23-21(25-15-22(2,28)16-26-10-12-29-13-11-26)24-14-19-18-7-5-4-6-17(18)8-9-20(19)27/h8-9,27-28H,3-7,10-16H2,1-2H3,(H2,23,24,25). The van der Waals surface area contributed by atoms with Crippen molar-refractivity contribution in [1.82, 2.24) is 15.5 Å². The summed E-state index contributed by atoms with van der Waals surface area (Å²) in [5.41, 5.74) is 2.65. The number of hydrogen-bond donors (Lipinski definition) is 4. The fourth-order valence-corrected chi connectivity index (χ4v) is 4.14. The molecule has 0 amide bonds. The highest BCUT2D eigenvalue weighted by molar-refractivity contribution is 5.79. The van der Waals surface area contributed by atoms with Gasteiger partial charge in [-0.2, -0.15) is 0 Å². The second-order valence-electron chi connectivity index (χ2n) is 8.34. The maximum Gasteiger partial charge on any atom is 0.191 e. The van der Waals surface area contributed by atoms with E-state index in [0.29, 0.717) is 31.3 Å². The Labute approximate surface area is 174 Å². The number of phenolic OH excluding ortho intramolecular Hbond substituents is 1. The zero-order chi connectivity index (χ0) is 20.7. The molecule has 1 aliphatic carbocycles. The quantitative estimate of drug-likeness (QED) is 0.406. The molecule has 29 heavy (non-hydrogen) atoms. The maximum atomic E-state index is 10.8. The first-order chi connectivity index (χ1) is 14.0. The Bertz CT molecular complexity index is 700. The SMILES string of the molecule is CCNC(=NCc1c(O)ccc2c1CCCC2)NCC(C)(O)CN1CCOCC1. The molecule has 7 nitrogen and oxygen atoms in total. The van der Waals surface area contributed by atoms with Gasteiger partial charge >= 0.3 is 0 Å². The van der Waals surface area contributed by atoms with Crippen LogP contribution in [-0.2, 0) is 24.1 Å². The molecule has 2 aliphatic rings. The van der Waals surface area contributed by atoms with Gasteiger partial charge in [-0.05, 0) is 56.7 Å². The van der Waals surface area contributed by atoms with E-state index in [-0.39, 0.29) is 0 Å². The fourth-order valence-electron chi connectivity index (χ4n) is 4.14. The minimum absolute atomic E-state index is 0.324. The van der Waals surface area contributed by atoms with Crippen molar-refractivity contribution in [3.05, 3.63) is 28.8 Å². The third kappa shape index (κ3) is 6.32. The van der Waals surface area contributed by atoms with Crippen LogP contribution >= 0.6 is 0 Å². The van der Waals surface area contributed by atoms with Gasteiger partial charge in [-0.15, -0.1) is 0 Å². The van der Waals surface area contributed by atoms with E-state index in [1.165, 1.54) is 17.5 Å². The van der Waals surface area contributed by atoms with Crippen molar-refractivity contribution in [2.45, 2.75) is 51.7 Å². The third-order valence-electron chi connectivity index (χ3n) is 5.67. The normalized spacial score (nSPS) is 20.0. The number of nitrogens with zero attached hydrogens (tertiary/aromatic N) is 2. The summed E-state index contributed by atoms with van der Waals surface area (Å²) in [6.45, 7) is 9.16. The van der Waals surface area contributed by atoms with Gasteiger partial charge in [0.05, 0.1) is 25.4 Å². The van der Waals surface area contributed by atoms with Crippen LogP contribution in [0.25, 0.3) is 0 Å². The summed E-state index contributed by atoms with van der Waals surface area (Å²) >= 11 is 0. The van der Waals surface area contributed by atoms with Gasteiger partial charge in [0, 0.05) is 38.3 Å². The molecule has 0 saturated carbocycles. The summed E-state index contributed by atoms with van der Waals surface area (Å²) in [4.78, 5) is 6.92. The predicted octanol–water partition coefficient (Wildman–Crippen LogP) is 1.41. The number of aromatic hydroxyl groups is 1. The summed E-state index contributed by atoms with van der Waals surface area (Å²) in [7, 11) is 0. The minimum Gasteiger partial charge on any atom is -0.508 e. The lowest BCUT2D eigenvalue weighted by Crippen LogP contribution is -2.52. The van der Waals surface area contributed by atoms with E-state index in [0.717, 1.165) is 57.7 Å². The number of aliphatic hydroxyl groups is 1. The number of morpholine rings is 1. The average Bonchev–Trinajstić information content (AvgIpc) is 2.71. The Balaban J connectivity index is 1.63. The molecule has 1 heterocycles. The Morgan fingerprint density at radius 2 is 1.97 bits per heavy atom. The van der Waals surface area contributed by atoms with Crippen LogP contribution in [0.15, 0.2) is 17.1 Å². The lowest BCUT2D eigenvalue weighted by molar-refractivity contribution is -0.0201. The van der Waals surface area contributed by atoms with Crippen LogP contribution in [0, 0.1) is 0 Å². The van der Waals surface area contributed by atoms with Gasteiger partial charge in [0.15, 0.2) is 5.96 Å². The highest BCUT2D eigenvalue weighted by Gasteiger charge is 2.25. The Morgan fingerprint density at radius 3 is 2.72 bits per heavy atom. The first kappa shape index (κ1) is 21.9. The molecule has 0 bridgehead atoms. The van der Waals surface area contributed by atoms with E-state index in [2.05, 4.69) is 15.5 Å². The van der Waals surface area contributed by atoms with Gasteiger partial charge in [-0.1, -0.05) is 6.07 Å². The van der Waals surface area contributed by atoms with Crippen molar-refractivity contribution in [3.63, 3.8) is 0 Å². The monoisotopic (exact) mass is 404 g/mol. The van der Waals surface area contributed by atoms with E-state index in [1.54, 1.807) is 6.07 Å². The number of aryl methyl sites for hydroxylation is 1. The van der Waals surface area contributed by atoms with Crippen molar-refractivity contribution >= 4 is 5.96 Å². The van der Waals surface area contributed by atoms with Gasteiger partial charge in [0.1, 0.15) is 5.75 Å². The second-order valence-corrected chi connectivity index (χ2v) is 8.34. The van der Waals surface area contributed by atoms with Crippen molar-refractivity contribution < 1.29 is 14.9 Å². The van der Waals surface area contributed by atoms with Gasteiger partial charge in [0.25, 0.3) is 0 Å². The van der Waals surface area contributed by atoms with Crippen LogP contribution in [0.1, 0.15) is 43.4 Å². The van der Waals surface area contributed by atoms with E-state index in [1.807, 2.05) is 19.9 Å². The van der Waals surface area contributed by atoms with Crippen LogP contribution in [0.4, 0.5) is 0 Å². The number of aliphatic imine (C=N–C) groups is 1. The summed E-state index contributed by atoms with van der Waals surface area (Å²) in [6, 6.07) is 3.84. The van der Waals surface area contributed by atoms with Gasteiger partial charge in [-0.25, -0.2) is 4.99 Å². The highest BCUT2D eigenvalue weighted by atomic mass is 16.5. The zero-order valence-electron chi connectivity index (χ0n) is 17.8. The largest absolute Gasteiger partial charge is 0.508 e. The minimum atomic E-state index is -0.873. The smallest absolute Gasteiger partial charge is 0.191 e. The third-order valence-corrected chi connectivity index (χ3v) is 5.67. The summed E-state index contributed by atoms with van der Waals surface area (Å²) in [5, 5.41) is 27.7. The van der Waals surface area contributed by atoms with Crippen LogP contribution in [0.3, 0.4) is 0 Å². The number of benzene rings is 1. The lowest BCUT2D eigenvalue weighted by atomic mass is 9.88. The molecular formula is C22H36N4O3. The molecule has 0 radical (unpaired) electrons. The molecule has 3 rings (SSSR count). The van der Waals surface area contributed by atoms with E-state index in [4.69, 9.17) is 9.73 Å². The van der Waals surface area contributed by atoms with E-state index in [9.17, 15) is 10.2 Å². The molecule has 1 fully saturated rings. The number of phenols is 1. The van der Waals surface area contributed by atoms with E-state index >= 15 is 0 Å². The Kier molecular flexibility index (Phi) is 7.75. The van der Waals surface area contributed by atoms with Crippen LogP contribution in [-0.4, -0.2) is 72.6 Å². The molecule has 1 atom stereocenters. The fraction of sp³-hybridized carbons (Fsp3) is 0.682. The van der Waals surface area contributed by atoms with Crippen molar-refractivity contribution in [1.29, 1.82) is 0 Å². The zero-order valence-corrected chi connectivity index (χ0v) is 17.8. The molecule has 1 unspecified atom stereocenters. The van der Waals surface area contributed by atoms with Crippen LogP contribution in [0.2, 0.25) is 0 Å². The van der Waals surface area contributed by atoms with Gasteiger partial charge in [-0.3, -0.25) is 4.90 Å². The average molecular weight is 405 g/mol. The first-order valence-corrected chi connectivity index (χ1v) is 10.9. The van der Waals surface area contributed by atoms with Crippen LogP contribution in [0.5, 0.6) is 5.75 Å². The topological polar surface area (TPSA) is 89.4 Å². The van der Waals surface area contributed by atoms with Crippen molar-refractivity contribution in [2.24, 2.45) is 4.99 Å². The maximum absolute atomic E-state index is 10.8. The van der Waals surface area contributed by atoms with Gasteiger partial charge < -0.3 is 25.6 Å². The molecule has 1 saturated heterocycles. The number of rotatable bonds is 7. The summed E-state index contributed by atoms with van der Waals surface area (Å²) in [6.07, 6.45) is 4.46. The highest BCUT2D eigenvalue weighted by Crippen LogP contribution is 2.31. The number of guanidine groups is 1. The Hall–Kier alpha value is -1.83. The Morgan fingerprint density at radius 1 is 1.21 bits per heavy atom. The molecule has 0 spiro atoms. The first-order valence-electron chi connectivity index (χ1n) is 10.9. The van der Waals surface area contributed by atoms with Gasteiger partial charge in [0.2, 0.25) is 0 Å². The number of fused-ring (bicyclic) bond motifs is 1. The number of ether oxygens (including phenoxy) is 1. The second kappa shape index (κ2) is 10.3. The van der Waals surface area contributed by atoms with Crippen molar-refractivity contribution in [2.75, 3.05) is 45.9 Å². The van der Waals surface area contributed by atoms with Crippen LogP contribution < -0.4 is 10.6 Å². The van der Waals surface area contributed by atoms with E-state index < -0.39 is 5.60 Å².